The molecule has 0 spiro atoms. The molecule has 1 atom stereocenters. The highest BCUT2D eigenvalue weighted by Gasteiger charge is 2.30. The third-order valence-electron chi connectivity index (χ3n) is 4.06. The average molecular weight is 419 g/mol. The Morgan fingerprint density at radius 3 is 2.40 bits per heavy atom. The molecule has 1 aliphatic heterocycles. The van der Waals surface area contributed by atoms with Crippen molar-refractivity contribution < 1.29 is 33.4 Å². The van der Waals surface area contributed by atoms with E-state index in [1.165, 1.54) is 0 Å². The molecule has 0 fully saturated rings. The molecule has 2 rings (SSSR count). The summed E-state index contributed by atoms with van der Waals surface area (Å²) in [7, 11) is 0. The van der Waals surface area contributed by atoms with Gasteiger partial charge in [0.15, 0.2) is 0 Å². The first-order valence-corrected chi connectivity index (χ1v) is 9.50. The Morgan fingerprint density at radius 1 is 1.07 bits per heavy atom. The lowest BCUT2D eigenvalue weighted by Gasteiger charge is -2.26. The summed E-state index contributed by atoms with van der Waals surface area (Å²) in [5, 5.41) is 7.44. The van der Waals surface area contributed by atoms with E-state index in [2.05, 4.69) is 16.0 Å². The van der Waals surface area contributed by atoms with Crippen molar-refractivity contribution in [2.24, 2.45) is 0 Å². The Kier molecular flexibility index (Phi) is 8.21. The standard InChI is InChI=1S/C20H25N3O7/c1-4-28-14-8-6-13(7-9-14)18(25)21-10-16(24)30-11-15-17(19(26)29-5-2)12(3)22-20(27)23-15/h6-9,12H,4-5,10-11H2,1-3H3,(H,21,25)(H2,22,23,27)/t12-/m0/s1. The number of carbonyl (C=O) groups excluding carboxylic acids is 4. The van der Waals surface area contributed by atoms with E-state index in [1.807, 2.05) is 6.92 Å². The first kappa shape index (κ1) is 22.7. The molecular formula is C20H25N3O7. The van der Waals surface area contributed by atoms with Crippen LogP contribution in [0.2, 0.25) is 0 Å². The van der Waals surface area contributed by atoms with Crippen LogP contribution >= 0.6 is 0 Å². The number of hydrogen-bond donors (Lipinski definition) is 3. The first-order valence-electron chi connectivity index (χ1n) is 9.50. The second-order valence-corrected chi connectivity index (χ2v) is 6.23. The van der Waals surface area contributed by atoms with Gasteiger partial charge in [-0.15, -0.1) is 0 Å². The number of ether oxygens (including phenoxy) is 3. The number of esters is 2. The van der Waals surface area contributed by atoms with Gasteiger partial charge in [-0.3, -0.25) is 9.59 Å². The van der Waals surface area contributed by atoms with Crippen molar-refractivity contribution in [3.05, 3.63) is 41.1 Å². The number of carbonyl (C=O) groups is 4. The molecule has 0 aromatic heterocycles. The van der Waals surface area contributed by atoms with Crippen LogP contribution < -0.4 is 20.7 Å². The highest BCUT2D eigenvalue weighted by Crippen LogP contribution is 2.15. The molecule has 1 aromatic rings. The Balaban J connectivity index is 1.91. The van der Waals surface area contributed by atoms with Gasteiger partial charge in [-0.05, 0) is 45.0 Å². The van der Waals surface area contributed by atoms with E-state index in [-0.39, 0.29) is 31.0 Å². The van der Waals surface area contributed by atoms with E-state index in [0.717, 1.165) is 0 Å². The van der Waals surface area contributed by atoms with Gasteiger partial charge in [0.05, 0.1) is 30.5 Å². The van der Waals surface area contributed by atoms with Gasteiger partial charge in [0.1, 0.15) is 18.9 Å². The summed E-state index contributed by atoms with van der Waals surface area (Å²) in [4.78, 5) is 47.9. The van der Waals surface area contributed by atoms with Gasteiger partial charge in [-0.25, -0.2) is 9.59 Å². The second-order valence-electron chi connectivity index (χ2n) is 6.23. The quantitative estimate of drug-likeness (QED) is 0.506. The lowest BCUT2D eigenvalue weighted by molar-refractivity contribution is -0.142. The van der Waals surface area contributed by atoms with Crippen LogP contribution in [0.4, 0.5) is 4.79 Å². The molecule has 0 radical (unpaired) electrons. The van der Waals surface area contributed by atoms with Crippen LogP contribution in [0, 0.1) is 0 Å². The molecule has 0 saturated carbocycles. The van der Waals surface area contributed by atoms with Crippen LogP contribution in [0.25, 0.3) is 0 Å². The average Bonchev–Trinajstić information content (AvgIpc) is 2.71. The second kappa shape index (κ2) is 10.8. The summed E-state index contributed by atoms with van der Waals surface area (Å²) >= 11 is 0. The van der Waals surface area contributed by atoms with E-state index in [0.29, 0.717) is 17.9 Å². The SMILES string of the molecule is CCOC(=O)C1=C(COC(=O)CNC(=O)c2ccc(OCC)cc2)NC(=O)N[C@H]1C. The monoisotopic (exact) mass is 419 g/mol. The van der Waals surface area contributed by atoms with Crippen molar-refractivity contribution in [3.8, 4) is 5.75 Å². The van der Waals surface area contributed by atoms with Crippen LogP contribution in [0.15, 0.2) is 35.5 Å². The van der Waals surface area contributed by atoms with Crippen molar-refractivity contribution >= 4 is 23.9 Å². The van der Waals surface area contributed by atoms with Crippen molar-refractivity contribution in [2.75, 3.05) is 26.4 Å². The molecule has 1 heterocycles. The topological polar surface area (TPSA) is 132 Å². The predicted octanol–water partition coefficient (Wildman–Crippen LogP) is 0.877. The molecule has 1 aliphatic rings. The fourth-order valence-electron chi connectivity index (χ4n) is 2.72. The minimum atomic E-state index is -0.731. The zero-order valence-electron chi connectivity index (χ0n) is 17.1. The molecule has 0 unspecified atom stereocenters. The van der Waals surface area contributed by atoms with E-state index in [1.54, 1.807) is 38.1 Å². The maximum absolute atomic E-state index is 12.1. The fourth-order valence-corrected chi connectivity index (χ4v) is 2.72. The summed E-state index contributed by atoms with van der Waals surface area (Å²) in [6.07, 6.45) is 0. The molecular weight excluding hydrogens is 394 g/mol. The van der Waals surface area contributed by atoms with Gasteiger partial charge in [0.25, 0.3) is 5.91 Å². The molecule has 3 N–H and O–H groups in total. The minimum Gasteiger partial charge on any atom is -0.494 e. The molecule has 0 bridgehead atoms. The lowest BCUT2D eigenvalue weighted by atomic mass is 10.0. The summed E-state index contributed by atoms with van der Waals surface area (Å²) in [5.74, 6) is -1.17. The third-order valence-corrected chi connectivity index (χ3v) is 4.06. The van der Waals surface area contributed by atoms with Crippen molar-refractivity contribution in [2.45, 2.75) is 26.8 Å². The van der Waals surface area contributed by atoms with Crippen molar-refractivity contribution in [3.63, 3.8) is 0 Å². The predicted molar refractivity (Wildman–Crippen MR) is 106 cm³/mol. The maximum atomic E-state index is 12.1. The number of urea groups is 1. The number of amides is 3. The van der Waals surface area contributed by atoms with Crippen molar-refractivity contribution in [1.29, 1.82) is 0 Å². The van der Waals surface area contributed by atoms with Crippen LogP contribution in [0.3, 0.4) is 0 Å². The van der Waals surface area contributed by atoms with E-state index in [9.17, 15) is 19.2 Å². The number of benzene rings is 1. The highest BCUT2D eigenvalue weighted by atomic mass is 16.5. The summed E-state index contributed by atoms with van der Waals surface area (Å²) in [5.41, 5.74) is 0.663. The molecule has 1 aromatic carbocycles. The van der Waals surface area contributed by atoms with Crippen LogP contribution in [0.1, 0.15) is 31.1 Å². The van der Waals surface area contributed by atoms with Gasteiger partial charge in [-0.2, -0.15) is 0 Å². The zero-order valence-corrected chi connectivity index (χ0v) is 17.1. The number of rotatable bonds is 9. The smallest absolute Gasteiger partial charge is 0.338 e. The molecule has 30 heavy (non-hydrogen) atoms. The molecule has 162 valence electrons. The summed E-state index contributed by atoms with van der Waals surface area (Å²) in [6.45, 7) is 5.08. The zero-order chi connectivity index (χ0) is 22.1. The fraction of sp³-hybridized carbons (Fsp3) is 0.400. The molecule has 3 amide bonds. The van der Waals surface area contributed by atoms with E-state index < -0.39 is 29.9 Å². The van der Waals surface area contributed by atoms with Crippen LogP contribution in [-0.4, -0.2) is 56.3 Å². The molecule has 10 nitrogen and oxygen atoms in total. The lowest BCUT2D eigenvalue weighted by Crippen LogP contribution is -2.50. The Morgan fingerprint density at radius 2 is 1.77 bits per heavy atom. The van der Waals surface area contributed by atoms with Gasteiger partial charge >= 0.3 is 18.0 Å². The van der Waals surface area contributed by atoms with Crippen LogP contribution in [-0.2, 0) is 19.1 Å². The molecule has 0 aliphatic carbocycles. The van der Waals surface area contributed by atoms with E-state index >= 15 is 0 Å². The highest BCUT2D eigenvalue weighted by molar-refractivity contribution is 5.96. The molecule has 10 heteroatoms. The summed E-state index contributed by atoms with van der Waals surface area (Å²) < 4.78 is 15.4. The van der Waals surface area contributed by atoms with Gasteiger partial charge in [-0.1, -0.05) is 0 Å². The first-order chi connectivity index (χ1) is 14.3. The Hall–Kier alpha value is -3.56. The molecule has 0 saturated heterocycles. The van der Waals surface area contributed by atoms with Gasteiger partial charge in [0.2, 0.25) is 0 Å². The minimum absolute atomic E-state index is 0.135. The maximum Gasteiger partial charge on any atom is 0.338 e. The largest absolute Gasteiger partial charge is 0.494 e. The van der Waals surface area contributed by atoms with Crippen molar-refractivity contribution in [1.82, 2.24) is 16.0 Å². The number of hydrogen-bond acceptors (Lipinski definition) is 7. The number of nitrogens with one attached hydrogen (secondary N) is 3. The summed E-state index contributed by atoms with van der Waals surface area (Å²) in [6, 6.07) is 5.33. The van der Waals surface area contributed by atoms with E-state index in [4.69, 9.17) is 14.2 Å². The third kappa shape index (κ3) is 6.23. The van der Waals surface area contributed by atoms with Crippen LogP contribution in [0.5, 0.6) is 5.75 Å². The van der Waals surface area contributed by atoms with Gasteiger partial charge < -0.3 is 30.2 Å². The Bertz CT molecular complexity index is 833. The normalized spacial score (nSPS) is 15.6. The van der Waals surface area contributed by atoms with Gasteiger partial charge in [0, 0.05) is 5.56 Å². The Labute approximate surface area is 173 Å².